The fourth-order valence-electron chi connectivity index (χ4n) is 1.41. The first kappa shape index (κ1) is 12.5. The van der Waals surface area contributed by atoms with Gasteiger partial charge >= 0.3 is 12.1 Å². The second-order valence-electron chi connectivity index (χ2n) is 3.46. The van der Waals surface area contributed by atoms with Gasteiger partial charge in [-0.05, 0) is 29.7 Å². The Morgan fingerprint density at radius 3 is 2.25 bits per heavy atom. The quantitative estimate of drug-likeness (QED) is 0.869. The fourth-order valence-corrected chi connectivity index (χ4v) is 1.41. The first-order chi connectivity index (χ1) is 7.32. The molecule has 0 radical (unpaired) electrons. The van der Waals surface area contributed by atoms with Crippen LogP contribution in [0.5, 0.6) is 0 Å². The van der Waals surface area contributed by atoms with E-state index >= 15 is 0 Å². The Morgan fingerprint density at radius 2 is 1.81 bits per heavy atom. The molecule has 0 heterocycles. The molecule has 1 aromatic carbocycles. The Kier molecular flexibility index (Phi) is 3.57. The van der Waals surface area contributed by atoms with E-state index in [-0.39, 0.29) is 5.56 Å². The Hall–Kier alpha value is -1.52. The fraction of sp³-hybridized carbons (Fsp3) is 0.364. The maximum absolute atomic E-state index is 12.5. The monoisotopic (exact) mass is 232 g/mol. The van der Waals surface area contributed by atoms with Crippen LogP contribution in [0.15, 0.2) is 18.2 Å². The van der Waals surface area contributed by atoms with Gasteiger partial charge in [-0.3, -0.25) is 4.79 Å². The minimum Gasteiger partial charge on any atom is -0.481 e. The van der Waals surface area contributed by atoms with E-state index in [0.29, 0.717) is 12.0 Å². The summed E-state index contributed by atoms with van der Waals surface area (Å²) in [7, 11) is 0. The van der Waals surface area contributed by atoms with Crippen LogP contribution in [-0.2, 0) is 23.8 Å². The lowest BCUT2D eigenvalue weighted by molar-refractivity contribution is -0.138. The summed E-state index contributed by atoms with van der Waals surface area (Å²) in [4.78, 5) is 10.4. The number of carboxylic acid groups (broad SMARTS) is 1. The van der Waals surface area contributed by atoms with Gasteiger partial charge in [0.1, 0.15) is 0 Å². The molecule has 0 aliphatic rings. The van der Waals surface area contributed by atoms with E-state index in [1.54, 1.807) is 6.92 Å². The molecule has 1 rings (SSSR count). The highest BCUT2D eigenvalue weighted by atomic mass is 19.4. The summed E-state index contributed by atoms with van der Waals surface area (Å²) < 4.78 is 37.4. The number of hydrogen-bond acceptors (Lipinski definition) is 1. The second kappa shape index (κ2) is 4.55. The number of benzene rings is 1. The van der Waals surface area contributed by atoms with Crippen LogP contribution in [0.2, 0.25) is 0 Å². The number of alkyl halides is 3. The number of carbonyl (C=O) groups is 1. The smallest absolute Gasteiger partial charge is 0.416 e. The van der Waals surface area contributed by atoms with Gasteiger partial charge in [0, 0.05) is 0 Å². The topological polar surface area (TPSA) is 37.3 Å². The van der Waals surface area contributed by atoms with Gasteiger partial charge < -0.3 is 5.11 Å². The zero-order valence-corrected chi connectivity index (χ0v) is 8.64. The largest absolute Gasteiger partial charge is 0.481 e. The third kappa shape index (κ3) is 3.25. The molecule has 0 saturated carbocycles. The van der Waals surface area contributed by atoms with Gasteiger partial charge in [0.25, 0.3) is 0 Å². The van der Waals surface area contributed by atoms with Crippen molar-refractivity contribution in [1.29, 1.82) is 0 Å². The Bertz CT molecular complexity index is 397. The SMILES string of the molecule is CCc1cc(CC(=O)O)cc(C(F)(F)F)c1. The Morgan fingerprint density at radius 1 is 1.25 bits per heavy atom. The third-order valence-corrected chi connectivity index (χ3v) is 2.14. The van der Waals surface area contributed by atoms with Crippen molar-refractivity contribution in [3.63, 3.8) is 0 Å². The van der Waals surface area contributed by atoms with Gasteiger partial charge in [-0.15, -0.1) is 0 Å². The second-order valence-corrected chi connectivity index (χ2v) is 3.46. The van der Waals surface area contributed by atoms with Gasteiger partial charge in [-0.1, -0.05) is 13.0 Å². The van der Waals surface area contributed by atoms with Crippen LogP contribution < -0.4 is 0 Å². The molecule has 0 aliphatic heterocycles. The van der Waals surface area contributed by atoms with E-state index in [1.165, 1.54) is 6.07 Å². The van der Waals surface area contributed by atoms with Gasteiger partial charge in [0.05, 0.1) is 12.0 Å². The molecule has 1 aromatic rings. The van der Waals surface area contributed by atoms with E-state index in [9.17, 15) is 18.0 Å². The molecule has 1 N–H and O–H groups in total. The van der Waals surface area contributed by atoms with Gasteiger partial charge in [-0.25, -0.2) is 0 Å². The number of aliphatic carboxylic acids is 1. The summed E-state index contributed by atoms with van der Waals surface area (Å²) in [5.74, 6) is -1.14. The van der Waals surface area contributed by atoms with Crippen molar-refractivity contribution in [3.05, 3.63) is 34.9 Å². The molecule has 0 amide bonds. The first-order valence-electron chi connectivity index (χ1n) is 4.74. The maximum atomic E-state index is 12.5. The predicted octanol–water partition coefficient (Wildman–Crippen LogP) is 2.89. The lowest BCUT2D eigenvalue weighted by Gasteiger charge is -2.10. The van der Waals surface area contributed by atoms with Crippen molar-refractivity contribution in [2.24, 2.45) is 0 Å². The van der Waals surface area contributed by atoms with E-state index in [4.69, 9.17) is 5.11 Å². The van der Waals surface area contributed by atoms with Crippen LogP contribution in [0.4, 0.5) is 13.2 Å². The molecule has 0 fully saturated rings. The molecule has 0 saturated heterocycles. The molecule has 88 valence electrons. The number of hydrogen-bond donors (Lipinski definition) is 1. The molecule has 16 heavy (non-hydrogen) atoms. The molecule has 0 unspecified atom stereocenters. The van der Waals surface area contributed by atoms with E-state index < -0.39 is 24.1 Å². The highest BCUT2D eigenvalue weighted by molar-refractivity contribution is 5.70. The molecule has 0 spiro atoms. The lowest BCUT2D eigenvalue weighted by Crippen LogP contribution is -2.08. The van der Waals surface area contributed by atoms with Gasteiger partial charge in [-0.2, -0.15) is 13.2 Å². The van der Waals surface area contributed by atoms with Crippen LogP contribution in [0.1, 0.15) is 23.6 Å². The summed E-state index contributed by atoms with van der Waals surface area (Å²) in [6.45, 7) is 1.72. The lowest BCUT2D eigenvalue weighted by atomic mass is 10.0. The van der Waals surface area contributed by atoms with Crippen molar-refractivity contribution in [3.8, 4) is 0 Å². The highest BCUT2D eigenvalue weighted by Gasteiger charge is 2.31. The van der Waals surface area contributed by atoms with Crippen LogP contribution in [-0.4, -0.2) is 11.1 Å². The maximum Gasteiger partial charge on any atom is 0.416 e. The van der Waals surface area contributed by atoms with E-state index in [0.717, 1.165) is 12.1 Å². The van der Waals surface area contributed by atoms with Gasteiger partial charge in [0.2, 0.25) is 0 Å². The van der Waals surface area contributed by atoms with Crippen LogP contribution in [0.3, 0.4) is 0 Å². The van der Waals surface area contributed by atoms with Crippen LogP contribution in [0, 0.1) is 0 Å². The molecular weight excluding hydrogens is 221 g/mol. The summed E-state index contributed by atoms with van der Waals surface area (Å²) in [5.41, 5.74) is -0.117. The number of halogens is 3. The van der Waals surface area contributed by atoms with Crippen molar-refractivity contribution in [2.75, 3.05) is 0 Å². The van der Waals surface area contributed by atoms with Crippen molar-refractivity contribution in [2.45, 2.75) is 25.9 Å². The molecule has 0 bridgehead atoms. The molecule has 0 atom stereocenters. The molecule has 0 aliphatic carbocycles. The van der Waals surface area contributed by atoms with E-state index in [1.807, 2.05) is 0 Å². The number of rotatable bonds is 3. The molecular formula is C11H11F3O2. The standard InChI is InChI=1S/C11H11F3O2/c1-2-7-3-8(6-10(15)16)5-9(4-7)11(12,13)14/h3-5H,2,6H2,1H3,(H,15,16). The zero-order valence-electron chi connectivity index (χ0n) is 8.64. The Labute approximate surface area is 90.7 Å². The third-order valence-electron chi connectivity index (χ3n) is 2.14. The number of carboxylic acids is 1. The minimum absolute atomic E-state index is 0.180. The predicted molar refractivity (Wildman–Crippen MR) is 52.2 cm³/mol. The molecule has 2 nitrogen and oxygen atoms in total. The summed E-state index contributed by atoms with van der Waals surface area (Å²) >= 11 is 0. The number of aryl methyl sites for hydroxylation is 1. The highest BCUT2D eigenvalue weighted by Crippen LogP contribution is 2.30. The molecule has 0 aromatic heterocycles. The first-order valence-corrected chi connectivity index (χ1v) is 4.74. The van der Waals surface area contributed by atoms with Crippen molar-refractivity contribution >= 4 is 5.97 Å². The average Bonchev–Trinajstić information content (AvgIpc) is 2.14. The zero-order chi connectivity index (χ0) is 12.3. The van der Waals surface area contributed by atoms with Crippen LogP contribution >= 0.6 is 0 Å². The average molecular weight is 232 g/mol. The minimum atomic E-state index is -4.43. The Balaban J connectivity index is 3.16. The summed E-state index contributed by atoms with van der Waals surface area (Å²) in [6, 6.07) is 3.42. The van der Waals surface area contributed by atoms with Gasteiger partial charge in [0.15, 0.2) is 0 Å². The van der Waals surface area contributed by atoms with Crippen LogP contribution in [0.25, 0.3) is 0 Å². The van der Waals surface area contributed by atoms with Crippen molar-refractivity contribution < 1.29 is 23.1 Å². The van der Waals surface area contributed by atoms with E-state index in [2.05, 4.69) is 0 Å². The normalized spacial score (nSPS) is 11.5. The summed E-state index contributed by atoms with van der Waals surface area (Å²) in [5, 5.41) is 8.54. The van der Waals surface area contributed by atoms with Crippen molar-refractivity contribution in [1.82, 2.24) is 0 Å². The summed E-state index contributed by atoms with van der Waals surface area (Å²) in [6.07, 6.45) is -4.38. The molecule has 5 heteroatoms.